The van der Waals surface area contributed by atoms with Crippen LogP contribution in [0.25, 0.3) is 0 Å². The third-order valence-electron chi connectivity index (χ3n) is 5.20. The normalized spacial score (nSPS) is 19.3. The Bertz CT molecular complexity index is 537. The number of nitrogens with zero attached hydrogens (tertiary/aromatic N) is 2. The molecular formula is C20H34N6. The number of aliphatic imine (C=N–C) groups is 1. The summed E-state index contributed by atoms with van der Waals surface area (Å²) in [7, 11) is 0. The van der Waals surface area contributed by atoms with Crippen molar-refractivity contribution in [2.75, 3.05) is 0 Å². The molecule has 0 aromatic heterocycles. The van der Waals surface area contributed by atoms with Crippen LogP contribution in [0.5, 0.6) is 0 Å². The molecule has 0 atom stereocenters. The highest BCUT2D eigenvalue weighted by molar-refractivity contribution is 5.81. The van der Waals surface area contributed by atoms with Crippen LogP contribution in [0.3, 0.4) is 0 Å². The van der Waals surface area contributed by atoms with Gasteiger partial charge < -0.3 is 22.1 Å². The van der Waals surface area contributed by atoms with Gasteiger partial charge in [-0.1, -0.05) is 56.7 Å². The summed E-state index contributed by atoms with van der Waals surface area (Å²) >= 11 is 0. The molecule has 3 rings (SSSR count). The van der Waals surface area contributed by atoms with Crippen molar-refractivity contribution in [3.8, 4) is 0 Å². The number of nitrogens with one attached hydrogen (secondary N) is 1. The predicted octanol–water partition coefficient (Wildman–Crippen LogP) is 3.44. The Morgan fingerprint density at radius 3 is 1.65 bits per heavy atom. The molecule has 26 heavy (non-hydrogen) atoms. The molecule has 0 aliphatic heterocycles. The fourth-order valence-electron chi connectivity index (χ4n) is 4.08. The molecule has 1 aromatic rings. The molecule has 6 nitrogen and oxygen atoms in total. The maximum Gasteiger partial charge on any atom is 0.196 e. The van der Waals surface area contributed by atoms with Crippen LogP contribution >= 0.6 is 0 Å². The summed E-state index contributed by atoms with van der Waals surface area (Å²) in [5, 5.41) is 6.06. The molecule has 7 N–H and O–H groups in total. The van der Waals surface area contributed by atoms with Crippen molar-refractivity contribution in [3.63, 3.8) is 0 Å². The van der Waals surface area contributed by atoms with Crippen LogP contribution in [0.1, 0.15) is 64.2 Å². The van der Waals surface area contributed by atoms with E-state index in [2.05, 4.69) is 16.4 Å². The van der Waals surface area contributed by atoms with E-state index in [1.54, 1.807) is 0 Å². The van der Waals surface area contributed by atoms with E-state index in [0.717, 1.165) is 11.6 Å². The molecule has 2 aliphatic carbocycles. The predicted molar refractivity (Wildman–Crippen MR) is 109 cm³/mol. The van der Waals surface area contributed by atoms with Crippen LogP contribution in [-0.2, 0) is 0 Å². The van der Waals surface area contributed by atoms with Gasteiger partial charge in [-0.3, -0.25) is 5.41 Å². The highest BCUT2D eigenvalue weighted by atomic mass is 15.3. The van der Waals surface area contributed by atoms with Crippen molar-refractivity contribution in [3.05, 3.63) is 30.3 Å². The first-order valence-corrected chi connectivity index (χ1v) is 9.85. The van der Waals surface area contributed by atoms with Gasteiger partial charge in [0.25, 0.3) is 0 Å². The molecule has 0 amide bonds. The number of rotatable bonds is 3. The van der Waals surface area contributed by atoms with Gasteiger partial charge in [0.2, 0.25) is 0 Å². The quantitative estimate of drug-likeness (QED) is 0.489. The zero-order valence-corrected chi connectivity index (χ0v) is 15.7. The van der Waals surface area contributed by atoms with Crippen molar-refractivity contribution in [2.45, 2.75) is 76.3 Å². The van der Waals surface area contributed by atoms with E-state index in [1.807, 2.05) is 30.3 Å². The second-order valence-electron chi connectivity index (χ2n) is 7.25. The lowest BCUT2D eigenvalue weighted by molar-refractivity contribution is 0.156. The zero-order chi connectivity index (χ0) is 18.8. The second kappa shape index (κ2) is 10.7. The molecule has 1 aromatic carbocycles. The number of nitrogens with two attached hydrogens (primary N) is 3. The van der Waals surface area contributed by atoms with Crippen molar-refractivity contribution in [1.29, 1.82) is 5.41 Å². The van der Waals surface area contributed by atoms with Gasteiger partial charge in [-0.2, -0.15) is 0 Å². The van der Waals surface area contributed by atoms with Crippen LogP contribution in [0.2, 0.25) is 0 Å². The fourth-order valence-corrected chi connectivity index (χ4v) is 4.08. The Morgan fingerprint density at radius 1 is 0.808 bits per heavy atom. The topological polar surface area (TPSA) is 118 Å². The van der Waals surface area contributed by atoms with E-state index in [-0.39, 0.29) is 5.96 Å². The minimum absolute atomic E-state index is 0.333. The lowest BCUT2D eigenvalue weighted by Gasteiger charge is -2.42. The minimum Gasteiger partial charge on any atom is -0.370 e. The van der Waals surface area contributed by atoms with Gasteiger partial charge in [-0.15, -0.1) is 0 Å². The van der Waals surface area contributed by atoms with Crippen LogP contribution in [0, 0.1) is 5.41 Å². The molecule has 0 spiro atoms. The second-order valence-corrected chi connectivity index (χ2v) is 7.25. The number of hydrogen-bond donors (Lipinski definition) is 4. The Balaban J connectivity index is 0.000000552. The van der Waals surface area contributed by atoms with Gasteiger partial charge in [-0.05, 0) is 37.8 Å². The summed E-state index contributed by atoms with van der Waals surface area (Å²) in [5.41, 5.74) is 16.4. The third-order valence-corrected chi connectivity index (χ3v) is 5.20. The molecule has 2 saturated carbocycles. The van der Waals surface area contributed by atoms with Gasteiger partial charge in [-0.25, -0.2) is 4.99 Å². The Hall–Kier alpha value is -2.24. The van der Waals surface area contributed by atoms with Crippen molar-refractivity contribution in [1.82, 2.24) is 4.90 Å². The summed E-state index contributed by atoms with van der Waals surface area (Å²) in [6.07, 6.45) is 13.2. The third kappa shape index (κ3) is 6.58. The van der Waals surface area contributed by atoms with Gasteiger partial charge in [0.1, 0.15) is 0 Å². The summed E-state index contributed by atoms with van der Waals surface area (Å²) in [5.74, 6) is 0.407. The van der Waals surface area contributed by atoms with Gasteiger partial charge in [0.05, 0.1) is 5.69 Å². The largest absolute Gasteiger partial charge is 0.370 e. The number of guanidine groups is 2. The maximum atomic E-state index is 6.49. The van der Waals surface area contributed by atoms with Crippen molar-refractivity contribution < 1.29 is 0 Å². The fraction of sp³-hybridized carbons (Fsp3) is 0.600. The molecule has 0 unspecified atom stereocenters. The SMILES string of the molecule is N=C(N)N.NC(=Nc1ccccc1)N(C1CCCCC1)C1CCCCC1. The molecule has 2 fully saturated rings. The first-order valence-electron chi connectivity index (χ1n) is 9.85. The maximum absolute atomic E-state index is 6.49. The van der Waals surface area contributed by atoms with Gasteiger partial charge >= 0.3 is 0 Å². The van der Waals surface area contributed by atoms with E-state index < -0.39 is 0 Å². The van der Waals surface area contributed by atoms with E-state index in [9.17, 15) is 0 Å². The smallest absolute Gasteiger partial charge is 0.196 e. The summed E-state index contributed by atoms with van der Waals surface area (Å²) in [6.45, 7) is 0. The Morgan fingerprint density at radius 2 is 1.23 bits per heavy atom. The average Bonchev–Trinajstić information content (AvgIpc) is 2.64. The lowest BCUT2D eigenvalue weighted by Crippen LogP contribution is -2.51. The van der Waals surface area contributed by atoms with Gasteiger partial charge in [0.15, 0.2) is 11.9 Å². The molecule has 2 aliphatic rings. The lowest BCUT2D eigenvalue weighted by atomic mass is 9.89. The van der Waals surface area contributed by atoms with Crippen molar-refractivity contribution >= 4 is 17.6 Å². The Labute approximate surface area is 157 Å². The molecule has 6 heteroatoms. The van der Waals surface area contributed by atoms with Crippen molar-refractivity contribution in [2.24, 2.45) is 22.2 Å². The molecule has 0 saturated heterocycles. The monoisotopic (exact) mass is 358 g/mol. The average molecular weight is 359 g/mol. The first-order chi connectivity index (χ1) is 12.6. The minimum atomic E-state index is -0.333. The summed E-state index contributed by atoms with van der Waals surface area (Å²) < 4.78 is 0. The van der Waals surface area contributed by atoms with E-state index in [0.29, 0.717) is 12.1 Å². The molecule has 0 bridgehead atoms. The highest BCUT2D eigenvalue weighted by Crippen LogP contribution is 2.30. The molecule has 144 valence electrons. The number of para-hydroxylation sites is 1. The molecule has 0 radical (unpaired) electrons. The van der Waals surface area contributed by atoms with Gasteiger partial charge in [0, 0.05) is 12.1 Å². The van der Waals surface area contributed by atoms with Crippen LogP contribution in [0.4, 0.5) is 5.69 Å². The molecular weight excluding hydrogens is 324 g/mol. The summed E-state index contributed by atoms with van der Waals surface area (Å²) in [6, 6.07) is 11.3. The number of benzene rings is 1. The van der Waals surface area contributed by atoms with Crippen LogP contribution < -0.4 is 17.2 Å². The Kier molecular flexibility index (Phi) is 8.25. The van der Waals surface area contributed by atoms with Crippen LogP contribution in [0.15, 0.2) is 35.3 Å². The van der Waals surface area contributed by atoms with Crippen LogP contribution in [-0.4, -0.2) is 28.9 Å². The van der Waals surface area contributed by atoms with E-state index in [4.69, 9.17) is 16.1 Å². The first kappa shape index (κ1) is 20.1. The highest BCUT2D eigenvalue weighted by Gasteiger charge is 2.30. The van der Waals surface area contributed by atoms with E-state index >= 15 is 0 Å². The number of hydrogen-bond acceptors (Lipinski definition) is 2. The zero-order valence-electron chi connectivity index (χ0n) is 15.7. The molecule has 0 heterocycles. The standard InChI is InChI=1S/C19H29N3.CH5N3/c20-19(21-16-10-4-1-5-11-16)22(17-12-6-2-7-13-17)18-14-8-3-9-15-18;2-1(3)4/h1,4-5,10-11,17-18H,2-3,6-9,12-15H2,(H2,20,21);(H5,2,3,4). The summed E-state index contributed by atoms with van der Waals surface area (Å²) in [4.78, 5) is 7.22. The van der Waals surface area contributed by atoms with E-state index in [1.165, 1.54) is 64.2 Å².